The van der Waals surface area contributed by atoms with Gasteiger partial charge in [0.25, 0.3) is 0 Å². The summed E-state index contributed by atoms with van der Waals surface area (Å²) in [4.78, 5) is 17.3. The molecule has 7 heteroatoms. The Labute approximate surface area is 378 Å². The zero-order valence-electron chi connectivity index (χ0n) is 40.7. The molecule has 61 heavy (non-hydrogen) atoms. The summed E-state index contributed by atoms with van der Waals surface area (Å²) in [6.45, 7) is 13.3. The molecule has 0 aromatic heterocycles. The number of unbranched alkanes of at least 4 members (excludes halogenated alkanes) is 26. The number of aliphatic hydroxyl groups excluding tert-OH is 1. The van der Waals surface area contributed by atoms with E-state index in [-0.39, 0.29) is 25.3 Å². The number of aryl methyl sites for hydroxylation is 1. The van der Waals surface area contributed by atoms with Gasteiger partial charge >= 0.3 is 5.97 Å². The van der Waals surface area contributed by atoms with Crippen molar-refractivity contribution >= 4 is 5.97 Å². The molecule has 1 aromatic carbocycles. The smallest absolute Gasteiger partial charge is 0.305 e. The molecular weight excluding hydrogens is 757 g/mol. The molecule has 1 N–H and O–H groups in total. The number of rotatable bonds is 44. The zero-order valence-corrected chi connectivity index (χ0v) is 40.7. The Hall–Kier alpha value is -1.83. The Morgan fingerprint density at radius 1 is 0.525 bits per heavy atom. The number of benzene rings is 1. The summed E-state index contributed by atoms with van der Waals surface area (Å²) in [6, 6.07) is 6.57. The second-order valence-electron chi connectivity index (χ2n) is 18.7. The van der Waals surface area contributed by atoms with Crippen molar-refractivity contribution in [2.75, 3.05) is 59.1 Å². The lowest BCUT2D eigenvalue weighted by atomic mass is 10.0. The molecule has 2 rings (SSSR count). The molecule has 0 amide bonds. The van der Waals surface area contributed by atoms with E-state index >= 15 is 0 Å². The topological polar surface area (TPSA) is 71.5 Å². The number of ether oxygens (including phenoxy) is 3. The van der Waals surface area contributed by atoms with Gasteiger partial charge in [0.05, 0.1) is 12.7 Å². The number of aliphatic hydroxyl groups is 1. The summed E-state index contributed by atoms with van der Waals surface area (Å²) < 4.78 is 18.8. The molecule has 1 aliphatic heterocycles. The molecular formula is C54H100N2O5. The molecule has 1 aliphatic rings. The zero-order chi connectivity index (χ0) is 43.7. The first kappa shape index (κ1) is 55.3. The van der Waals surface area contributed by atoms with E-state index in [4.69, 9.17) is 14.2 Å². The molecule has 7 nitrogen and oxygen atoms in total. The summed E-state index contributed by atoms with van der Waals surface area (Å²) in [5.74, 6) is 1.63. The number of carbonyl (C=O) groups is 1. The predicted octanol–water partition coefficient (Wildman–Crippen LogP) is 14.4. The van der Waals surface area contributed by atoms with Crippen molar-refractivity contribution in [3.8, 4) is 11.5 Å². The Morgan fingerprint density at radius 2 is 0.951 bits per heavy atom. The van der Waals surface area contributed by atoms with Crippen LogP contribution in [0.4, 0.5) is 0 Å². The van der Waals surface area contributed by atoms with Crippen molar-refractivity contribution < 1.29 is 24.1 Å². The molecule has 1 saturated heterocycles. The molecule has 1 heterocycles. The number of hydrogen-bond acceptors (Lipinski definition) is 7. The summed E-state index contributed by atoms with van der Waals surface area (Å²) in [6.07, 6.45) is 43.9. The van der Waals surface area contributed by atoms with E-state index in [2.05, 4.69) is 48.8 Å². The fourth-order valence-electron chi connectivity index (χ4n) is 8.95. The lowest BCUT2D eigenvalue weighted by Gasteiger charge is -2.34. The van der Waals surface area contributed by atoms with Gasteiger partial charge in [0, 0.05) is 45.2 Å². The van der Waals surface area contributed by atoms with E-state index in [0.29, 0.717) is 13.0 Å². The molecule has 0 unspecified atom stereocenters. The molecule has 0 atom stereocenters. The van der Waals surface area contributed by atoms with Gasteiger partial charge in [0.2, 0.25) is 0 Å². The van der Waals surface area contributed by atoms with Crippen LogP contribution in [0.5, 0.6) is 11.5 Å². The fraction of sp³-hybridized carbons (Fsp3) is 0.870. The van der Waals surface area contributed by atoms with Crippen molar-refractivity contribution in [2.45, 2.75) is 245 Å². The van der Waals surface area contributed by atoms with Crippen LogP contribution in [0.25, 0.3) is 0 Å². The fourth-order valence-corrected chi connectivity index (χ4v) is 8.95. The van der Waals surface area contributed by atoms with Crippen LogP contribution in [0, 0.1) is 0 Å². The first-order valence-corrected chi connectivity index (χ1v) is 26.7. The lowest BCUT2D eigenvalue weighted by Crippen LogP contribution is -2.47. The maximum Gasteiger partial charge on any atom is 0.305 e. The number of piperazine rings is 1. The first-order valence-electron chi connectivity index (χ1n) is 26.7. The molecule has 0 aliphatic carbocycles. The van der Waals surface area contributed by atoms with E-state index in [1.807, 2.05) is 0 Å². The second-order valence-corrected chi connectivity index (χ2v) is 18.7. The van der Waals surface area contributed by atoms with Crippen LogP contribution < -0.4 is 9.47 Å². The molecule has 1 fully saturated rings. The average molecular weight is 857 g/mol. The van der Waals surface area contributed by atoms with Gasteiger partial charge in [-0.3, -0.25) is 9.69 Å². The van der Waals surface area contributed by atoms with Gasteiger partial charge in [0.15, 0.2) is 0 Å². The third-order valence-corrected chi connectivity index (χ3v) is 12.9. The van der Waals surface area contributed by atoms with E-state index in [9.17, 15) is 9.90 Å². The summed E-state index contributed by atoms with van der Waals surface area (Å²) in [5.41, 5.74) is 1.29. The third-order valence-electron chi connectivity index (χ3n) is 12.9. The number of esters is 1. The van der Waals surface area contributed by atoms with Gasteiger partial charge in [-0.1, -0.05) is 188 Å². The Kier molecular flexibility index (Phi) is 37.1. The van der Waals surface area contributed by atoms with Crippen LogP contribution in [0.2, 0.25) is 0 Å². The minimum Gasteiger partial charge on any atom is -0.490 e. The van der Waals surface area contributed by atoms with Crippen LogP contribution in [-0.2, 0) is 16.0 Å². The molecule has 0 spiro atoms. The normalized spacial score (nSPS) is 13.7. The van der Waals surface area contributed by atoms with Gasteiger partial charge in [0.1, 0.15) is 24.7 Å². The number of hydrogen-bond donors (Lipinski definition) is 1. The van der Waals surface area contributed by atoms with Crippen molar-refractivity contribution in [3.05, 3.63) is 23.8 Å². The van der Waals surface area contributed by atoms with Crippen LogP contribution in [0.15, 0.2) is 18.2 Å². The van der Waals surface area contributed by atoms with Crippen molar-refractivity contribution in [1.82, 2.24) is 9.80 Å². The summed E-state index contributed by atoms with van der Waals surface area (Å²) in [7, 11) is 0. The highest BCUT2D eigenvalue weighted by Gasteiger charge is 2.17. The van der Waals surface area contributed by atoms with Crippen LogP contribution >= 0.6 is 0 Å². The van der Waals surface area contributed by atoms with E-state index in [1.165, 1.54) is 192 Å². The minimum absolute atomic E-state index is 0.146. The quantitative estimate of drug-likeness (QED) is 0.0518. The number of β-amino-alcohol motifs (C(OH)–C–C–N with tert-alkyl or cyclic N) is 1. The summed E-state index contributed by atoms with van der Waals surface area (Å²) >= 11 is 0. The molecule has 0 saturated carbocycles. The maximum absolute atomic E-state index is 12.6. The molecule has 0 bridgehead atoms. The van der Waals surface area contributed by atoms with Crippen molar-refractivity contribution in [2.24, 2.45) is 0 Å². The van der Waals surface area contributed by atoms with Crippen LogP contribution in [0.3, 0.4) is 0 Å². The highest BCUT2D eigenvalue weighted by Crippen LogP contribution is 2.28. The number of carbonyl (C=O) groups excluding carboxylic acids is 1. The Morgan fingerprint density at radius 3 is 1.43 bits per heavy atom. The van der Waals surface area contributed by atoms with E-state index in [1.54, 1.807) is 0 Å². The maximum atomic E-state index is 12.6. The lowest BCUT2D eigenvalue weighted by molar-refractivity contribution is -0.144. The highest BCUT2D eigenvalue weighted by atomic mass is 16.6. The second kappa shape index (κ2) is 40.9. The van der Waals surface area contributed by atoms with Crippen LogP contribution in [0.1, 0.15) is 238 Å². The van der Waals surface area contributed by atoms with Gasteiger partial charge in [-0.15, -0.1) is 0 Å². The monoisotopic (exact) mass is 857 g/mol. The minimum atomic E-state index is -0.146. The largest absolute Gasteiger partial charge is 0.490 e. The Balaban J connectivity index is 1.90. The van der Waals surface area contributed by atoms with Crippen molar-refractivity contribution in [3.63, 3.8) is 0 Å². The van der Waals surface area contributed by atoms with E-state index in [0.717, 1.165) is 76.5 Å². The average Bonchev–Trinajstić information content (AvgIpc) is 3.26. The van der Waals surface area contributed by atoms with Crippen molar-refractivity contribution in [1.29, 1.82) is 0 Å². The molecule has 0 radical (unpaired) electrons. The van der Waals surface area contributed by atoms with Gasteiger partial charge in [-0.05, 0) is 69.2 Å². The van der Waals surface area contributed by atoms with Gasteiger partial charge < -0.3 is 24.2 Å². The third kappa shape index (κ3) is 32.5. The number of nitrogens with zero attached hydrogens (tertiary/aromatic N) is 2. The molecule has 356 valence electrons. The molecule has 1 aromatic rings. The van der Waals surface area contributed by atoms with Crippen LogP contribution in [-0.4, -0.2) is 86.1 Å². The summed E-state index contributed by atoms with van der Waals surface area (Å²) in [5, 5.41) is 9.20. The predicted molar refractivity (Wildman–Crippen MR) is 260 cm³/mol. The Bertz CT molecular complexity index is 1090. The SMILES string of the molecule is CCCCCCCCCCCCCCCc1cc(OCCOC(=O)CCCN2CCN(CCO)CC2)cc(OC(CCCCCCCCCC)CCCCCCCCCC)c1. The van der Waals surface area contributed by atoms with Gasteiger partial charge in [-0.25, -0.2) is 0 Å². The van der Waals surface area contributed by atoms with E-state index < -0.39 is 0 Å². The highest BCUT2D eigenvalue weighted by molar-refractivity contribution is 5.69. The first-order chi connectivity index (χ1) is 30.1. The van der Waals surface area contributed by atoms with Gasteiger partial charge in [-0.2, -0.15) is 0 Å². The standard InChI is InChI=1S/C54H100N2O5/c1-4-7-10-13-16-19-20-21-22-23-24-27-30-34-50-47-52(59-45-46-60-54(58)37-33-38-55-39-41-56(42-40-55)43-44-57)49-53(48-50)61-51(35-31-28-25-17-14-11-8-5-2)36-32-29-26-18-15-12-9-6-3/h47-49,51,57H,4-46H2,1-3H3.